The van der Waals surface area contributed by atoms with Gasteiger partial charge in [0.1, 0.15) is 12.4 Å². The van der Waals surface area contributed by atoms with Crippen molar-refractivity contribution in [1.29, 1.82) is 0 Å². The molecular formula is C17H27N3O2S. The summed E-state index contributed by atoms with van der Waals surface area (Å²) in [6.45, 7) is 8.97. The second kappa shape index (κ2) is 8.24. The van der Waals surface area contributed by atoms with Crippen LogP contribution in [-0.4, -0.2) is 66.3 Å². The minimum absolute atomic E-state index is 0.262. The van der Waals surface area contributed by atoms with Crippen LogP contribution >= 0.6 is 0 Å². The molecule has 0 aliphatic carbocycles. The smallest absolute Gasteiger partial charge is 0.119 e. The third-order valence-corrected chi connectivity index (χ3v) is 6.11. The van der Waals surface area contributed by atoms with Crippen molar-refractivity contribution in [3.05, 3.63) is 24.3 Å². The van der Waals surface area contributed by atoms with E-state index in [4.69, 9.17) is 4.74 Å². The molecule has 23 heavy (non-hydrogen) atoms. The zero-order valence-corrected chi connectivity index (χ0v) is 14.6. The van der Waals surface area contributed by atoms with E-state index in [1.54, 1.807) is 0 Å². The van der Waals surface area contributed by atoms with Crippen molar-refractivity contribution in [3.8, 4) is 5.75 Å². The number of rotatable bonds is 7. The Bertz CT molecular complexity index is 517. The van der Waals surface area contributed by atoms with Crippen LogP contribution in [0.5, 0.6) is 5.75 Å². The van der Waals surface area contributed by atoms with Crippen molar-refractivity contribution >= 4 is 10.8 Å². The van der Waals surface area contributed by atoms with Crippen LogP contribution in [-0.2, 0) is 10.8 Å². The lowest BCUT2D eigenvalue weighted by Crippen LogP contribution is -2.53. The summed E-state index contributed by atoms with van der Waals surface area (Å²) in [4.78, 5) is 3.39. The molecule has 3 rings (SSSR count). The number of nitrogens with one attached hydrogen (secondary N) is 2. The van der Waals surface area contributed by atoms with Gasteiger partial charge in [-0.1, -0.05) is 6.92 Å². The molecule has 0 amide bonds. The Hall–Kier alpha value is -0.950. The van der Waals surface area contributed by atoms with E-state index < -0.39 is 10.8 Å². The maximum absolute atomic E-state index is 12.3. The average molecular weight is 337 g/mol. The van der Waals surface area contributed by atoms with E-state index in [-0.39, 0.29) is 5.25 Å². The fraction of sp³-hybridized carbons (Fsp3) is 0.647. The number of nitrogens with zero attached hydrogens (tertiary/aromatic N) is 1. The molecule has 2 fully saturated rings. The molecule has 2 unspecified atom stereocenters. The van der Waals surface area contributed by atoms with Gasteiger partial charge < -0.3 is 20.3 Å². The summed E-state index contributed by atoms with van der Waals surface area (Å²) in [5, 5.41) is 6.94. The number of hydrogen-bond acceptors (Lipinski definition) is 5. The lowest BCUT2D eigenvalue weighted by Gasteiger charge is -2.33. The molecule has 0 saturated carbocycles. The highest BCUT2D eigenvalue weighted by Gasteiger charge is 2.24. The Morgan fingerprint density at radius 3 is 2.74 bits per heavy atom. The highest BCUT2D eigenvalue weighted by Crippen LogP contribution is 2.19. The lowest BCUT2D eigenvalue weighted by atomic mass is 10.2. The number of benzene rings is 1. The summed E-state index contributed by atoms with van der Waals surface area (Å²) in [7, 11) is -0.902. The van der Waals surface area contributed by atoms with Crippen molar-refractivity contribution in [2.24, 2.45) is 0 Å². The molecule has 2 heterocycles. The van der Waals surface area contributed by atoms with E-state index >= 15 is 0 Å². The molecular weight excluding hydrogens is 310 g/mol. The molecule has 2 atom stereocenters. The Morgan fingerprint density at radius 1 is 1.30 bits per heavy atom. The summed E-state index contributed by atoms with van der Waals surface area (Å²) in [5.74, 6) is 0.854. The molecule has 2 N–H and O–H groups in total. The van der Waals surface area contributed by atoms with Crippen LogP contribution in [0.3, 0.4) is 0 Å². The Morgan fingerprint density at radius 2 is 2.09 bits per heavy atom. The first-order chi connectivity index (χ1) is 11.3. The molecule has 128 valence electrons. The second-order valence-corrected chi connectivity index (χ2v) is 8.04. The molecule has 2 aliphatic rings. The Kier molecular flexibility index (Phi) is 6.05. The first-order valence-electron chi connectivity index (χ1n) is 8.56. The molecule has 0 radical (unpaired) electrons. The van der Waals surface area contributed by atoms with Gasteiger partial charge in [0.25, 0.3) is 0 Å². The van der Waals surface area contributed by atoms with Crippen molar-refractivity contribution in [1.82, 2.24) is 15.5 Å². The molecule has 2 aliphatic heterocycles. The van der Waals surface area contributed by atoms with E-state index in [0.717, 1.165) is 49.9 Å². The van der Waals surface area contributed by atoms with Gasteiger partial charge in [0, 0.05) is 37.6 Å². The van der Waals surface area contributed by atoms with Crippen LogP contribution in [0.1, 0.15) is 13.3 Å². The van der Waals surface area contributed by atoms with Crippen LogP contribution in [0, 0.1) is 0 Å². The number of hydrogen-bond donors (Lipinski definition) is 2. The molecule has 0 bridgehead atoms. The van der Waals surface area contributed by atoms with Crippen molar-refractivity contribution in [3.63, 3.8) is 0 Å². The Balaban J connectivity index is 1.47. The summed E-state index contributed by atoms with van der Waals surface area (Å²) in [6.07, 6.45) is 1.20. The second-order valence-electron chi connectivity index (χ2n) is 6.31. The standard InChI is InChI=1S/C17H27N3O2S/c1-2-8-20-9-7-19-14(12-20)13-22-15-3-5-16(6-4-15)23(21)17-10-18-11-17/h3-6,14,17-19H,2,7-13H2,1H3. The first kappa shape index (κ1) is 16.9. The first-order valence-corrected chi connectivity index (χ1v) is 9.77. The fourth-order valence-electron chi connectivity index (χ4n) is 3.00. The highest BCUT2D eigenvalue weighted by molar-refractivity contribution is 7.85. The minimum atomic E-state index is -0.902. The number of piperazine rings is 1. The highest BCUT2D eigenvalue weighted by atomic mass is 32.2. The minimum Gasteiger partial charge on any atom is -0.492 e. The molecule has 2 saturated heterocycles. The van der Waals surface area contributed by atoms with Gasteiger partial charge in [-0.05, 0) is 37.2 Å². The largest absolute Gasteiger partial charge is 0.492 e. The van der Waals surface area contributed by atoms with Gasteiger partial charge in [-0.15, -0.1) is 0 Å². The van der Waals surface area contributed by atoms with Gasteiger partial charge in [-0.25, -0.2) is 0 Å². The fourth-order valence-corrected chi connectivity index (χ4v) is 4.33. The van der Waals surface area contributed by atoms with Gasteiger partial charge in [-0.3, -0.25) is 4.21 Å². The number of ether oxygens (including phenoxy) is 1. The van der Waals surface area contributed by atoms with E-state index in [2.05, 4.69) is 22.5 Å². The van der Waals surface area contributed by atoms with Crippen LogP contribution in [0.4, 0.5) is 0 Å². The monoisotopic (exact) mass is 337 g/mol. The Labute approximate surface area is 141 Å². The summed E-state index contributed by atoms with van der Waals surface area (Å²) in [6, 6.07) is 8.12. The van der Waals surface area contributed by atoms with Crippen LogP contribution in [0.2, 0.25) is 0 Å². The molecule has 5 nitrogen and oxygen atoms in total. The van der Waals surface area contributed by atoms with Crippen LogP contribution < -0.4 is 15.4 Å². The lowest BCUT2D eigenvalue weighted by molar-refractivity contribution is 0.158. The van der Waals surface area contributed by atoms with Gasteiger partial charge >= 0.3 is 0 Å². The van der Waals surface area contributed by atoms with Crippen molar-refractivity contribution < 1.29 is 8.95 Å². The SMILES string of the molecule is CCCN1CCNC(COc2ccc(S(=O)C3CNC3)cc2)C1. The normalized spacial score (nSPS) is 24.1. The zero-order valence-electron chi connectivity index (χ0n) is 13.8. The maximum atomic E-state index is 12.3. The summed E-state index contributed by atoms with van der Waals surface area (Å²) in [5.41, 5.74) is 0. The van der Waals surface area contributed by atoms with E-state index in [9.17, 15) is 4.21 Å². The van der Waals surface area contributed by atoms with Crippen molar-refractivity contribution in [2.45, 2.75) is 29.5 Å². The predicted octanol–water partition coefficient (Wildman–Crippen LogP) is 0.829. The van der Waals surface area contributed by atoms with E-state index in [1.165, 1.54) is 6.42 Å². The van der Waals surface area contributed by atoms with E-state index in [0.29, 0.717) is 12.6 Å². The molecule has 0 spiro atoms. The predicted molar refractivity (Wildman–Crippen MR) is 93.5 cm³/mol. The zero-order chi connectivity index (χ0) is 16.1. The van der Waals surface area contributed by atoms with E-state index in [1.807, 2.05) is 24.3 Å². The maximum Gasteiger partial charge on any atom is 0.119 e. The van der Waals surface area contributed by atoms with Crippen LogP contribution in [0.25, 0.3) is 0 Å². The summed E-state index contributed by atoms with van der Waals surface area (Å²) < 4.78 is 18.2. The molecule has 6 heteroatoms. The molecule has 1 aromatic carbocycles. The van der Waals surface area contributed by atoms with Gasteiger partial charge in [0.05, 0.1) is 22.1 Å². The van der Waals surface area contributed by atoms with Crippen molar-refractivity contribution in [2.75, 3.05) is 45.9 Å². The average Bonchev–Trinajstić information content (AvgIpc) is 2.52. The molecule has 1 aromatic rings. The van der Waals surface area contributed by atoms with Crippen LogP contribution in [0.15, 0.2) is 29.2 Å². The van der Waals surface area contributed by atoms with Gasteiger partial charge in [0.15, 0.2) is 0 Å². The quantitative estimate of drug-likeness (QED) is 0.772. The van der Waals surface area contributed by atoms with Gasteiger partial charge in [-0.2, -0.15) is 0 Å². The molecule has 0 aromatic heterocycles. The summed E-state index contributed by atoms with van der Waals surface area (Å²) >= 11 is 0. The third kappa shape index (κ3) is 4.53. The van der Waals surface area contributed by atoms with Gasteiger partial charge in [0.2, 0.25) is 0 Å². The third-order valence-electron chi connectivity index (χ3n) is 4.43. The topological polar surface area (TPSA) is 53.6 Å².